The summed E-state index contributed by atoms with van der Waals surface area (Å²) in [6.07, 6.45) is 7.21. The number of aromatic nitrogens is 3. The highest BCUT2D eigenvalue weighted by atomic mass is 15.1. The van der Waals surface area contributed by atoms with E-state index in [1.54, 1.807) is 0 Å². The van der Waals surface area contributed by atoms with Gasteiger partial charge in [0, 0.05) is 24.7 Å². The van der Waals surface area contributed by atoms with Gasteiger partial charge in [0.2, 0.25) is 0 Å². The second-order valence-corrected chi connectivity index (χ2v) is 5.51. The van der Waals surface area contributed by atoms with E-state index in [9.17, 15) is 0 Å². The van der Waals surface area contributed by atoms with Crippen LogP contribution in [0.15, 0.2) is 18.5 Å². The van der Waals surface area contributed by atoms with Crippen molar-refractivity contribution in [2.75, 3.05) is 13.1 Å². The van der Waals surface area contributed by atoms with E-state index >= 15 is 0 Å². The Balaban J connectivity index is 2.18. The molecular formula is C15H22N4. The molecule has 0 spiro atoms. The molecule has 0 amide bonds. The number of hydrogen-bond acceptors (Lipinski definition) is 3. The van der Waals surface area contributed by atoms with Crippen molar-refractivity contribution in [3.8, 4) is 0 Å². The first-order valence-corrected chi connectivity index (χ1v) is 7.32. The van der Waals surface area contributed by atoms with Crippen LogP contribution in [0.25, 0.3) is 11.0 Å². The molecule has 2 aromatic heterocycles. The minimum Gasteiger partial charge on any atom is -0.327 e. The van der Waals surface area contributed by atoms with Crippen LogP contribution >= 0.6 is 0 Å². The van der Waals surface area contributed by atoms with Gasteiger partial charge in [0.05, 0.1) is 11.7 Å². The second kappa shape index (κ2) is 4.93. The Morgan fingerprint density at radius 2 is 2.32 bits per heavy atom. The summed E-state index contributed by atoms with van der Waals surface area (Å²) in [6.45, 7) is 7.69. The largest absolute Gasteiger partial charge is 0.327 e. The average Bonchev–Trinajstić information content (AvgIpc) is 3.05. The van der Waals surface area contributed by atoms with E-state index in [-0.39, 0.29) is 5.41 Å². The molecule has 4 heteroatoms. The molecule has 3 heterocycles. The van der Waals surface area contributed by atoms with Gasteiger partial charge >= 0.3 is 0 Å². The van der Waals surface area contributed by atoms with Gasteiger partial charge in [-0.3, -0.25) is 4.98 Å². The Kier molecular flexibility index (Phi) is 3.27. The third-order valence-electron chi connectivity index (χ3n) is 4.39. The molecule has 3 rings (SSSR count). The van der Waals surface area contributed by atoms with Gasteiger partial charge < -0.3 is 9.88 Å². The predicted octanol–water partition coefficient (Wildman–Crippen LogP) is 2.48. The monoisotopic (exact) mass is 258 g/mol. The quantitative estimate of drug-likeness (QED) is 0.916. The Morgan fingerprint density at radius 3 is 3.00 bits per heavy atom. The number of imidazole rings is 1. The maximum absolute atomic E-state index is 4.92. The van der Waals surface area contributed by atoms with Crippen LogP contribution in [0.2, 0.25) is 0 Å². The summed E-state index contributed by atoms with van der Waals surface area (Å²) in [7, 11) is 0. The Hall–Kier alpha value is -1.42. The maximum Gasteiger partial charge on any atom is 0.117 e. The second-order valence-electron chi connectivity index (χ2n) is 5.51. The van der Waals surface area contributed by atoms with Crippen LogP contribution in [0, 0.1) is 0 Å². The molecule has 1 atom stereocenters. The molecule has 1 fully saturated rings. The fourth-order valence-corrected chi connectivity index (χ4v) is 3.23. The molecule has 0 bridgehead atoms. The minimum atomic E-state index is 0.203. The molecule has 0 aromatic carbocycles. The van der Waals surface area contributed by atoms with E-state index in [4.69, 9.17) is 4.98 Å². The number of rotatable bonds is 4. The molecule has 4 nitrogen and oxygen atoms in total. The minimum absolute atomic E-state index is 0.203. The van der Waals surface area contributed by atoms with Crippen molar-refractivity contribution in [2.45, 2.75) is 45.1 Å². The topological polar surface area (TPSA) is 42.7 Å². The van der Waals surface area contributed by atoms with Crippen LogP contribution in [0.3, 0.4) is 0 Å². The zero-order valence-corrected chi connectivity index (χ0v) is 11.8. The lowest BCUT2D eigenvalue weighted by molar-refractivity contribution is 0.405. The van der Waals surface area contributed by atoms with Gasteiger partial charge in [-0.15, -0.1) is 0 Å². The maximum atomic E-state index is 4.92. The number of nitrogens with one attached hydrogen (secondary N) is 1. The molecule has 1 saturated heterocycles. The highest BCUT2D eigenvalue weighted by molar-refractivity contribution is 5.75. The Morgan fingerprint density at radius 1 is 1.42 bits per heavy atom. The van der Waals surface area contributed by atoms with Gasteiger partial charge in [-0.1, -0.05) is 13.8 Å². The standard InChI is InChI=1S/C15H22N4/c1-3-9-19-13-5-7-16-10-12(13)18-14(19)15(4-2)6-8-17-11-15/h5,7,10,17H,3-4,6,8-9,11H2,1-2H3. The summed E-state index contributed by atoms with van der Waals surface area (Å²) in [5, 5.41) is 3.51. The molecule has 2 aromatic rings. The van der Waals surface area contributed by atoms with E-state index in [1.165, 1.54) is 17.8 Å². The van der Waals surface area contributed by atoms with Crippen LogP contribution in [0.4, 0.5) is 0 Å². The van der Waals surface area contributed by atoms with Crippen molar-refractivity contribution in [1.82, 2.24) is 19.9 Å². The van der Waals surface area contributed by atoms with Crippen LogP contribution in [0.1, 0.15) is 38.9 Å². The molecule has 1 unspecified atom stereocenters. The van der Waals surface area contributed by atoms with Crippen LogP contribution < -0.4 is 5.32 Å². The SMILES string of the molecule is CCCn1c(C2(CC)CCNC2)nc2cnccc21. The number of pyridine rings is 1. The summed E-state index contributed by atoms with van der Waals surface area (Å²) < 4.78 is 2.41. The van der Waals surface area contributed by atoms with Crippen molar-refractivity contribution >= 4 is 11.0 Å². The Bertz CT molecular complexity index is 567. The van der Waals surface area contributed by atoms with Crippen LogP contribution in [-0.4, -0.2) is 27.6 Å². The van der Waals surface area contributed by atoms with Crippen molar-refractivity contribution in [3.05, 3.63) is 24.3 Å². The number of fused-ring (bicyclic) bond motifs is 1. The van der Waals surface area contributed by atoms with Crippen LogP contribution in [0.5, 0.6) is 0 Å². The zero-order valence-electron chi connectivity index (χ0n) is 11.8. The zero-order chi connectivity index (χ0) is 13.3. The van der Waals surface area contributed by atoms with Crippen molar-refractivity contribution < 1.29 is 0 Å². The molecule has 102 valence electrons. The van der Waals surface area contributed by atoms with E-state index < -0.39 is 0 Å². The van der Waals surface area contributed by atoms with Crippen LogP contribution in [-0.2, 0) is 12.0 Å². The van der Waals surface area contributed by atoms with Gasteiger partial charge in [-0.05, 0) is 31.9 Å². The van der Waals surface area contributed by atoms with E-state index in [2.05, 4.69) is 34.8 Å². The number of aryl methyl sites for hydroxylation is 1. The van der Waals surface area contributed by atoms with Crippen molar-refractivity contribution in [3.63, 3.8) is 0 Å². The first kappa shape index (κ1) is 12.6. The van der Waals surface area contributed by atoms with Crippen molar-refractivity contribution in [2.24, 2.45) is 0 Å². The fraction of sp³-hybridized carbons (Fsp3) is 0.600. The highest BCUT2D eigenvalue weighted by Crippen LogP contribution is 2.35. The van der Waals surface area contributed by atoms with Gasteiger partial charge in [0.25, 0.3) is 0 Å². The normalized spacial score (nSPS) is 23.3. The smallest absolute Gasteiger partial charge is 0.117 e. The molecule has 1 aliphatic heterocycles. The van der Waals surface area contributed by atoms with Gasteiger partial charge in [-0.25, -0.2) is 4.98 Å². The van der Waals surface area contributed by atoms with Crippen molar-refractivity contribution in [1.29, 1.82) is 0 Å². The highest BCUT2D eigenvalue weighted by Gasteiger charge is 2.38. The lowest BCUT2D eigenvalue weighted by atomic mass is 9.83. The third-order valence-corrected chi connectivity index (χ3v) is 4.39. The van der Waals surface area contributed by atoms with E-state index in [1.807, 2.05) is 12.4 Å². The number of hydrogen-bond donors (Lipinski definition) is 1. The number of nitrogens with zero attached hydrogens (tertiary/aromatic N) is 3. The van der Waals surface area contributed by atoms with Gasteiger partial charge in [0.15, 0.2) is 0 Å². The summed E-state index contributed by atoms with van der Waals surface area (Å²) in [4.78, 5) is 9.13. The molecule has 0 radical (unpaired) electrons. The summed E-state index contributed by atoms with van der Waals surface area (Å²) >= 11 is 0. The molecular weight excluding hydrogens is 236 g/mol. The molecule has 19 heavy (non-hydrogen) atoms. The predicted molar refractivity (Wildman–Crippen MR) is 77.3 cm³/mol. The van der Waals surface area contributed by atoms with E-state index in [0.29, 0.717) is 0 Å². The molecule has 0 saturated carbocycles. The summed E-state index contributed by atoms with van der Waals surface area (Å²) in [6, 6.07) is 2.09. The first-order valence-electron chi connectivity index (χ1n) is 7.32. The summed E-state index contributed by atoms with van der Waals surface area (Å²) in [5.74, 6) is 1.25. The molecule has 0 aliphatic carbocycles. The summed E-state index contributed by atoms with van der Waals surface area (Å²) in [5.41, 5.74) is 2.46. The average molecular weight is 258 g/mol. The Labute approximate surface area is 114 Å². The van der Waals surface area contributed by atoms with Gasteiger partial charge in [0.1, 0.15) is 11.3 Å². The lowest BCUT2D eigenvalue weighted by Crippen LogP contribution is -2.32. The molecule has 1 aliphatic rings. The van der Waals surface area contributed by atoms with Gasteiger partial charge in [-0.2, -0.15) is 0 Å². The first-order chi connectivity index (χ1) is 9.30. The third kappa shape index (κ3) is 1.94. The molecule has 1 N–H and O–H groups in total. The van der Waals surface area contributed by atoms with E-state index in [0.717, 1.165) is 38.0 Å². The fourth-order valence-electron chi connectivity index (χ4n) is 3.23. The lowest BCUT2D eigenvalue weighted by Gasteiger charge is -2.27.